The zero-order valence-electron chi connectivity index (χ0n) is 24.9. The van der Waals surface area contributed by atoms with Gasteiger partial charge >= 0.3 is 12.4 Å². The Balaban J connectivity index is 1.30. The second-order valence-corrected chi connectivity index (χ2v) is 12.4. The topological polar surface area (TPSA) is 52.7 Å². The van der Waals surface area contributed by atoms with E-state index in [2.05, 4.69) is 10.2 Å². The van der Waals surface area contributed by atoms with Gasteiger partial charge in [-0.1, -0.05) is 54.9 Å². The smallest absolute Gasteiger partial charge is 0.352 e. The zero-order valence-corrected chi connectivity index (χ0v) is 25.7. The number of benzene rings is 3. The van der Waals surface area contributed by atoms with E-state index < -0.39 is 41.5 Å². The van der Waals surface area contributed by atoms with Crippen LogP contribution in [-0.4, -0.2) is 42.9 Å². The van der Waals surface area contributed by atoms with Crippen LogP contribution in [0.25, 0.3) is 6.08 Å². The van der Waals surface area contributed by atoms with E-state index in [0.29, 0.717) is 34.3 Å². The van der Waals surface area contributed by atoms with E-state index in [1.54, 1.807) is 54.6 Å². The summed E-state index contributed by atoms with van der Waals surface area (Å²) in [6.07, 6.45) is -2.64. The summed E-state index contributed by atoms with van der Waals surface area (Å²) in [7, 11) is 0. The lowest BCUT2D eigenvalue weighted by Gasteiger charge is -2.31. The van der Waals surface area contributed by atoms with Crippen LogP contribution in [0.3, 0.4) is 0 Å². The number of alkyl halides is 6. The number of carbonyl (C=O) groups excluding carboxylic acids is 2. The van der Waals surface area contributed by atoms with Crippen LogP contribution >= 0.6 is 11.8 Å². The van der Waals surface area contributed by atoms with Gasteiger partial charge in [0.15, 0.2) is 0 Å². The lowest BCUT2D eigenvalue weighted by molar-refractivity contribution is -0.143. The summed E-state index contributed by atoms with van der Waals surface area (Å²) in [6.45, 7) is 3.10. The average Bonchev–Trinajstić information content (AvgIpc) is 3.29. The molecule has 2 aliphatic rings. The van der Waals surface area contributed by atoms with Crippen LogP contribution in [0.5, 0.6) is 0 Å². The molecule has 0 aliphatic carbocycles. The van der Waals surface area contributed by atoms with Crippen molar-refractivity contribution in [2.75, 3.05) is 31.1 Å². The Hall–Kier alpha value is -3.77. The van der Waals surface area contributed by atoms with Gasteiger partial charge in [0, 0.05) is 17.0 Å². The quantitative estimate of drug-likeness (QED) is 0.150. The zero-order chi connectivity index (χ0) is 32.9. The summed E-state index contributed by atoms with van der Waals surface area (Å²) in [4.78, 5) is 30.7. The van der Waals surface area contributed by atoms with Gasteiger partial charge in [0.1, 0.15) is 0 Å². The summed E-state index contributed by atoms with van der Waals surface area (Å²) in [5.41, 5.74) is -1.93. The predicted molar refractivity (Wildman–Crippen MR) is 166 cm³/mol. The molecule has 1 N–H and O–H groups in total. The number of fused-ring (bicyclic) bond motifs is 1. The van der Waals surface area contributed by atoms with Crippen LogP contribution in [0.4, 0.5) is 32.0 Å². The third-order valence-electron chi connectivity index (χ3n) is 8.01. The average molecular weight is 662 g/mol. The van der Waals surface area contributed by atoms with Crippen LogP contribution in [-0.2, 0) is 23.7 Å². The van der Waals surface area contributed by atoms with E-state index in [1.165, 1.54) is 25.7 Å². The number of anilines is 1. The van der Waals surface area contributed by atoms with E-state index in [9.17, 15) is 35.9 Å². The highest BCUT2D eigenvalue weighted by Crippen LogP contribution is 2.44. The maximum absolute atomic E-state index is 13.9. The highest BCUT2D eigenvalue weighted by atomic mass is 32.2. The van der Waals surface area contributed by atoms with Gasteiger partial charge in [-0.3, -0.25) is 9.59 Å². The number of nitrogens with one attached hydrogen (secondary N) is 1. The summed E-state index contributed by atoms with van der Waals surface area (Å²) in [5.74, 6) is -0.807. The second kappa shape index (κ2) is 14.3. The molecule has 244 valence electrons. The number of rotatable bonds is 8. The number of hydrogen-bond donors (Lipinski definition) is 1. The van der Waals surface area contributed by atoms with Gasteiger partial charge in [-0.25, -0.2) is 0 Å². The molecule has 3 aromatic rings. The Kier molecular flexibility index (Phi) is 10.5. The Labute approximate surface area is 267 Å². The van der Waals surface area contributed by atoms with Crippen molar-refractivity contribution in [3.8, 4) is 0 Å². The molecule has 2 aliphatic heterocycles. The number of carbonyl (C=O) groups is 2. The number of halogens is 6. The molecule has 0 unspecified atom stereocenters. The minimum absolute atomic E-state index is 0.0781. The Bertz CT molecular complexity index is 1580. The molecule has 46 heavy (non-hydrogen) atoms. The van der Waals surface area contributed by atoms with Gasteiger partial charge in [-0.2, -0.15) is 26.3 Å². The van der Waals surface area contributed by atoms with Crippen molar-refractivity contribution in [1.29, 1.82) is 0 Å². The van der Waals surface area contributed by atoms with Crippen LogP contribution in [0.2, 0.25) is 0 Å². The molecule has 3 aromatic carbocycles. The van der Waals surface area contributed by atoms with Crippen LogP contribution in [0, 0.1) is 0 Å². The van der Waals surface area contributed by atoms with E-state index >= 15 is 0 Å². The number of thioether (sulfide) groups is 1. The normalized spacial score (nSPS) is 17.1. The molecule has 2 heterocycles. The number of nitrogens with zero attached hydrogens (tertiary/aromatic N) is 2. The van der Waals surface area contributed by atoms with Crippen molar-refractivity contribution in [3.63, 3.8) is 0 Å². The molecule has 0 saturated carbocycles. The standard InChI is InChI=1S/C34H33F6N3O2S/c35-33(36,37)26-15-14-25(27(21-26)34(38,39)40)22-43-28-8-3-4-9-29(28)46-30(32(43)45)20-23-10-12-24(13-11-23)31(44)41-16-7-19-42-17-5-1-2-6-18-42/h3-4,8-15,20-21H,1-2,5-7,16-19,22H2,(H,41,44). The number of hydrogen-bond acceptors (Lipinski definition) is 4. The van der Waals surface area contributed by atoms with Gasteiger partial charge in [0.05, 0.1) is 28.3 Å². The molecule has 0 bridgehead atoms. The monoisotopic (exact) mass is 661 g/mol. The summed E-state index contributed by atoms with van der Waals surface area (Å²) in [6, 6.07) is 14.7. The van der Waals surface area contributed by atoms with Gasteiger partial charge in [0.2, 0.25) is 0 Å². The Morgan fingerprint density at radius 2 is 1.57 bits per heavy atom. The first kappa shape index (κ1) is 33.6. The lowest BCUT2D eigenvalue weighted by Crippen LogP contribution is -2.34. The third-order valence-corrected chi connectivity index (χ3v) is 9.09. The van der Waals surface area contributed by atoms with Gasteiger partial charge < -0.3 is 15.1 Å². The van der Waals surface area contributed by atoms with Gasteiger partial charge in [-0.05, 0) is 92.5 Å². The molecular formula is C34H33F6N3O2S. The van der Waals surface area contributed by atoms with Crippen molar-refractivity contribution in [2.45, 2.75) is 55.9 Å². The third kappa shape index (κ3) is 8.33. The fourth-order valence-electron chi connectivity index (χ4n) is 5.59. The van der Waals surface area contributed by atoms with Crippen molar-refractivity contribution in [3.05, 3.63) is 99.5 Å². The molecule has 2 amide bonds. The van der Waals surface area contributed by atoms with Crippen molar-refractivity contribution in [1.82, 2.24) is 10.2 Å². The lowest BCUT2D eigenvalue weighted by atomic mass is 10.0. The van der Waals surface area contributed by atoms with Crippen LogP contribution in [0.1, 0.15) is 64.7 Å². The molecule has 1 fully saturated rings. The number of para-hydroxylation sites is 1. The van der Waals surface area contributed by atoms with Gasteiger partial charge in [-0.15, -0.1) is 0 Å². The highest BCUT2D eigenvalue weighted by Gasteiger charge is 2.39. The van der Waals surface area contributed by atoms with Crippen LogP contribution in [0.15, 0.2) is 76.5 Å². The van der Waals surface area contributed by atoms with Crippen LogP contribution < -0.4 is 10.2 Å². The maximum atomic E-state index is 13.9. The van der Waals surface area contributed by atoms with E-state index in [0.717, 1.165) is 48.8 Å². The molecule has 0 atom stereocenters. The second-order valence-electron chi connectivity index (χ2n) is 11.3. The molecule has 0 spiro atoms. The van der Waals surface area contributed by atoms with Gasteiger partial charge in [0.25, 0.3) is 11.8 Å². The highest BCUT2D eigenvalue weighted by molar-refractivity contribution is 8.04. The largest absolute Gasteiger partial charge is 0.416 e. The summed E-state index contributed by atoms with van der Waals surface area (Å²) >= 11 is 1.14. The molecule has 0 radical (unpaired) electrons. The molecule has 5 nitrogen and oxygen atoms in total. The molecular weight excluding hydrogens is 628 g/mol. The van der Waals surface area contributed by atoms with Crippen molar-refractivity contribution < 1.29 is 35.9 Å². The minimum Gasteiger partial charge on any atom is -0.352 e. The first-order valence-electron chi connectivity index (χ1n) is 15.1. The fraction of sp³-hybridized carbons (Fsp3) is 0.353. The van der Waals surface area contributed by atoms with E-state index in [-0.39, 0.29) is 16.9 Å². The van der Waals surface area contributed by atoms with E-state index in [1.807, 2.05) is 0 Å². The molecule has 5 rings (SSSR count). The number of amides is 2. The minimum atomic E-state index is -5.07. The van der Waals surface area contributed by atoms with E-state index in [4.69, 9.17) is 0 Å². The summed E-state index contributed by atoms with van der Waals surface area (Å²) in [5, 5.41) is 2.94. The first-order valence-corrected chi connectivity index (χ1v) is 15.9. The Morgan fingerprint density at radius 3 is 2.24 bits per heavy atom. The van der Waals surface area contributed by atoms with Crippen molar-refractivity contribution >= 4 is 35.3 Å². The fourth-order valence-corrected chi connectivity index (χ4v) is 6.65. The number of likely N-dealkylation sites (tertiary alicyclic amines) is 1. The summed E-state index contributed by atoms with van der Waals surface area (Å²) < 4.78 is 81.3. The first-order chi connectivity index (χ1) is 21.9. The molecule has 1 saturated heterocycles. The molecule has 12 heteroatoms. The maximum Gasteiger partial charge on any atom is 0.416 e. The molecule has 0 aromatic heterocycles. The van der Waals surface area contributed by atoms with Crippen molar-refractivity contribution in [2.24, 2.45) is 0 Å². The predicted octanol–water partition coefficient (Wildman–Crippen LogP) is 8.40. The SMILES string of the molecule is O=C(NCCCN1CCCCCC1)c1ccc(C=C2Sc3ccccc3N(Cc3ccc(C(F)(F)F)cc3C(F)(F)F)C2=O)cc1. The Morgan fingerprint density at radius 1 is 0.870 bits per heavy atom.